The normalized spacial score (nSPS) is 18.8. The third kappa shape index (κ3) is 2.76. The number of hydrogen-bond donors (Lipinski definition) is 2. The molecule has 5 nitrogen and oxygen atoms in total. The second kappa shape index (κ2) is 5.84. The van der Waals surface area contributed by atoms with Crippen molar-refractivity contribution in [2.45, 2.75) is 38.8 Å². The van der Waals surface area contributed by atoms with Crippen LogP contribution in [0.5, 0.6) is 0 Å². The van der Waals surface area contributed by atoms with Crippen LogP contribution in [0.15, 0.2) is 24.3 Å². The molecule has 1 saturated heterocycles. The van der Waals surface area contributed by atoms with E-state index >= 15 is 0 Å². The topological polar surface area (TPSA) is 75.4 Å². The molecular weight excluding hydrogens is 242 g/mol. The molecule has 0 spiro atoms. The Labute approximate surface area is 112 Å². The fourth-order valence-electron chi connectivity index (χ4n) is 2.20. The van der Waals surface area contributed by atoms with E-state index in [2.05, 4.69) is 12.2 Å². The zero-order valence-electron chi connectivity index (χ0n) is 11.1. The number of hydrogen-bond acceptors (Lipinski definition) is 3. The van der Waals surface area contributed by atoms with Crippen molar-refractivity contribution in [2.24, 2.45) is 5.73 Å². The molecule has 102 valence electrons. The number of anilines is 1. The van der Waals surface area contributed by atoms with Crippen LogP contribution in [0.2, 0.25) is 0 Å². The first kappa shape index (κ1) is 13.5. The van der Waals surface area contributed by atoms with Crippen molar-refractivity contribution in [3.8, 4) is 0 Å². The third-order valence-electron chi connectivity index (χ3n) is 3.27. The highest BCUT2D eigenvalue weighted by Crippen LogP contribution is 2.22. The van der Waals surface area contributed by atoms with E-state index in [-0.39, 0.29) is 11.9 Å². The summed E-state index contributed by atoms with van der Waals surface area (Å²) in [7, 11) is 0. The Morgan fingerprint density at radius 3 is 2.84 bits per heavy atom. The lowest BCUT2D eigenvalue weighted by atomic mass is 10.1. The molecule has 1 aliphatic heterocycles. The fourth-order valence-corrected chi connectivity index (χ4v) is 2.20. The first-order valence-corrected chi connectivity index (χ1v) is 6.60. The van der Waals surface area contributed by atoms with Crippen LogP contribution in [0.25, 0.3) is 0 Å². The molecule has 1 unspecified atom stereocenters. The van der Waals surface area contributed by atoms with Gasteiger partial charge in [0.2, 0.25) is 0 Å². The van der Waals surface area contributed by atoms with Gasteiger partial charge in [-0.3, -0.25) is 4.79 Å². The molecule has 1 aromatic rings. The van der Waals surface area contributed by atoms with E-state index in [1.807, 2.05) is 6.07 Å². The summed E-state index contributed by atoms with van der Waals surface area (Å²) in [6, 6.07) is 6.46. The van der Waals surface area contributed by atoms with Gasteiger partial charge in [-0.15, -0.1) is 0 Å². The van der Waals surface area contributed by atoms with Gasteiger partial charge in [-0.05, 0) is 24.1 Å². The third-order valence-corrected chi connectivity index (χ3v) is 3.27. The van der Waals surface area contributed by atoms with Crippen molar-refractivity contribution in [1.82, 2.24) is 5.32 Å². The summed E-state index contributed by atoms with van der Waals surface area (Å²) in [5, 5.41) is 2.73. The molecule has 3 N–H and O–H groups in total. The number of amides is 3. The molecule has 0 bridgehead atoms. The Bertz CT molecular complexity index is 487. The van der Waals surface area contributed by atoms with E-state index in [1.54, 1.807) is 18.2 Å². The minimum Gasteiger partial charge on any atom is -0.326 e. The van der Waals surface area contributed by atoms with Crippen molar-refractivity contribution in [1.29, 1.82) is 0 Å². The Kier molecular flexibility index (Phi) is 4.16. The maximum Gasteiger partial charge on any atom is 0.329 e. The van der Waals surface area contributed by atoms with Crippen LogP contribution in [0.3, 0.4) is 0 Å². The van der Waals surface area contributed by atoms with Crippen LogP contribution in [-0.2, 0) is 11.3 Å². The summed E-state index contributed by atoms with van der Waals surface area (Å²) < 4.78 is 0. The quantitative estimate of drug-likeness (QED) is 0.793. The highest BCUT2D eigenvalue weighted by Gasteiger charge is 2.38. The molecule has 1 atom stereocenters. The molecule has 1 fully saturated rings. The molecule has 1 heterocycles. The Hall–Kier alpha value is -1.88. The minimum absolute atomic E-state index is 0.173. The van der Waals surface area contributed by atoms with E-state index in [1.165, 1.54) is 4.90 Å². The first-order valence-electron chi connectivity index (χ1n) is 6.60. The average Bonchev–Trinajstić information content (AvgIpc) is 2.71. The number of urea groups is 1. The maximum atomic E-state index is 12.2. The van der Waals surface area contributed by atoms with Crippen molar-refractivity contribution in [3.63, 3.8) is 0 Å². The molecular formula is C14H19N3O2. The predicted molar refractivity (Wildman–Crippen MR) is 73.7 cm³/mol. The number of rotatable bonds is 5. The van der Waals surface area contributed by atoms with E-state index < -0.39 is 6.04 Å². The van der Waals surface area contributed by atoms with E-state index in [4.69, 9.17) is 5.73 Å². The SMILES string of the molecule is CCCCC1NC(=O)N(c2cccc(CN)c2)C1=O. The summed E-state index contributed by atoms with van der Waals surface area (Å²) in [6.07, 6.45) is 2.61. The van der Waals surface area contributed by atoms with Crippen LogP contribution in [-0.4, -0.2) is 18.0 Å². The fraction of sp³-hybridized carbons (Fsp3) is 0.429. The van der Waals surface area contributed by atoms with Crippen molar-refractivity contribution >= 4 is 17.6 Å². The number of benzene rings is 1. The molecule has 5 heteroatoms. The number of nitrogens with one attached hydrogen (secondary N) is 1. The lowest BCUT2D eigenvalue weighted by Crippen LogP contribution is -2.31. The number of nitrogens with two attached hydrogens (primary N) is 1. The first-order chi connectivity index (χ1) is 9.17. The molecule has 1 aliphatic rings. The zero-order chi connectivity index (χ0) is 13.8. The summed E-state index contributed by atoms with van der Waals surface area (Å²) in [5.74, 6) is -0.173. The van der Waals surface area contributed by atoms with Gasteiger partial charge < -0.3 is 11.1 Å². The standard InChI is InChI=1S/C14H19N3O2/c1-2-3-7-12-13(18)17(14(19)16-12)11-6-4-5-10(8-11)9-15/h4-6,8,12H,2-3,7,9,15H2,1H3,(H,16,19). The molecule has 3 amide bonds. The van der Waals surface area contributed by atoms with Gasteiger partial charge in [0.25, 0.3) is 5.91 Å². The lowest BCUT2D eigenvalue weighted by Gasteiger charge is -2.14. The van der Waals surface area contributed by atoms with Crippen LogP contribution in [0.1, 0.15) is 31.7 Å². The van der Waals surface area contributed by atoms with E-state index in [0.717, 1.165) is 18.4 Å². The predicted octanol–water partition coefficient (Wildman–Crippen LogP) is 1.76. The second-order valence-corrected chi connectivity index (χ2v) is 4.69. The highest BCUT2D eigenvalue weighted by atomic mass is 16.2. The van der Waals surface area contributed by atoms with Crippen molar-refractivity contribution in [2.75, 3.05) is 4.90 Å². The Morgan fingerprint density at radius 1 is 1.37 bits per heavy atom. The Morgan fingerprint density at radius 2 is 2.16 bits per heavy atom. The number of carbonyl (C=O) groups is 2. The van der Waals surface area contributed by atoms with Crippen molar-refractivity contribution in [3.05, 3.63) is 29.8 Å². The highest BCUT2D eigenvalue weighted by molar-refractivity contribution is 6.21. The number of carbonyl (C=O) groups excluding carboxylic acids is 2. The van der Waals surface area contributed by atoms with Crippen LogP contribution in [0, 0.1) is 0 Å². The summed E-state index contributed by atoms with van der Waals surface area (Å²) in [5.41, 5.74) is 7.06. The van der Waals surface area contributed by atoms with Gasteiger partial charge in [0, 0.05) is 6.54 Å². The molecule has 0 radical (unpaired) electrons. The average molecular weight is 261 g/mol. The van der Waals surface area contributed by atoms with Crippen LogP contribution in [0.4, 0.5) is 10.5 Å². The van der Waals surface area contributed by atoms with Gasteiger partial charge in [0.05, 0.1) is 5.69 Å². The molecule has 0 saturated carbocycles. The van der Waals surface area contributed by atoms with E-state index in [9.17, 15) is 9.59 Å². The summed E-state index contributed by atoms with van der Waals surface area (Å²) in [4.78, 5) is 25.4. The Balaban J connectivity index is 2.19. The number of imide groups is 1. The zero-order valence-corrected chi connectivity index (χ0v) is 11.1. The largest absolute Gasteiger partial charge is 0.329 e. The molecule has 0 aliphatic carbocycles. The summed E-state index contributed by atoms with van der Waals surface area (Å²) in [6.45, 7) is 2.44. The van der Waals surface area contributed by atoms with Crippen LogP contribution < -0.4 is 16.0 Å². The maximum absolute atomic E-state index is 12.2. The smallest absolute Gasteiger partial charge is 0.326 e. The number of nitrogens with zero attached hydrogens (tertiary/aromatic N) is 1. The van der Waals surface area contributed by atoms with Gasteiger partial charge >= 0.3 is 6.03 Å². The van der Waals surface area contributed by atoms with Gasteiger partial charge in [-0.1, -0.05) is 31.9 Å². The minimum atomic E-state index is -0.394. The van der Waals surface area contributed by atoms with Gasteiger partial charge in [0.15, 0.2) is 0 Å². The van der Waals surface area contributed by atoms with Crippen LogP contribution >= 0.6 is 0 Å². The monoisotopic (exact) mass is 261 g/mol. The molecule has 1 aromatic carbocycles. The number of unbranched alkanes of at least 4 members (excludes halogenated alkanes) is 1. The second-order valence-electron chi connectivity index (χ2n) is 4.69. The van der Waals surface area contributed by atoms with Gasteiger partial charge in [-0.2, -0.15) is 0 Å². The molecule has 0 aromatic heterocycles. The summed E-state index contributed by atoms with van der Waals surface area (Å²) >= 11 is 0. The van der Waals surface area contributed by atoms with Gasteiger partial charge in [-0.25, -0.2) is 9.69 Å². The van der Waals surface area contributed by atoms with Crippen molar-refractivity contribution < 1.29 is 9.59 Å². The van der Waals surface area contributed by atoms with E-state index in [0.29, 0.717) is 18.7 Å². The molecule has 19 heavy (non-hydrogen) atoms. The molecule has 2 rings (SSSR count). The van der Waals surface area contributed by atoms with Gasteiger partial charge in [0.1, 0.15) is 6.04 Å². The lowest BCUT2D eigenvalue weighted by molar-refractivity contribution is -0.118.